The molecule has 0 aliphatic carbocycles. The van der Waals surface area contributed by atoms with Gasteiger partial charge in [-0.15, -0.1) is 22.7 Å². The average molecular weight is 1030 g/mol. The minimum absolute atomic E-state index is 0.0114. The summed E-state index contributed by atoms with van der Waals surface area (Å²) < 4.78 is 120. The highest BCUT2D eigenvalue weighted by Gasteiger charge is 2.25. The Bertz CT molecular complexity index is 2160. The second-order valence-corrected chi connectivity index (χ2v) is 20.2. The maximum Gasteiger partial charge on any atom is 0.284 e. The van der Waals surface area contributed by atoms with E-state index in [2.05, 4.69) is 65.2 Å². The van der Waals surface area contributed by atoms with Gasteiger partial charge in [0.2, 0.25) is 5.95 Å². The van der Waals surface area contributed by atoms with Crippen molar-refractivity contribution in [1.82, 2.24) is 39.5 Å². The molecule has 0 aromatic carbocycles. The van der Waals surface area contributed by atoms with E-state index in [9.17, 15) is 39.5 Å². The van der Waals surface area contributed by atoms with Crippen molar-refractivity contribution in [3.63, 3.8) is 0 Å². The number of thiazole rings is 1. The summed E-state index contributed by atoms with van der Waals surface area (Å²) in [6.45, 7) is 28.9. The molecule has 6 rings (SSSR count). The zero-order chi connectivity index (χ0) is 52.7. The van der Waals surface area contributed by atoms with E-state index in [4.69, 9.17) is 16.0 Å². The number of nitrogens with zero attached hydrogens (tertiary/aromatic N) is 8. The van der Waals surface area contributed by atoms with Crippen molar-refractivity contribution in [3.8, 4) is 0 Å². The zero-order valence-electron chi connectivity index (χ0n) is 42.2. The van der Waals surface area contributed by atoms with Crippen LogP contribution >= 0.6 is 34.3 Å². The quantitative estimate of drug-likeness (QED) is 0.127. The largest absolute Gasteiger partial charge is 0.466 e. The molecule has 0 fully saturated rings. The maximum atomic E-state index is 13.2. The minimum Gasteiger partial charge on any atom is -0.466 e. The molecule has 0 saturated heterocycles. The second-order valence-electron chi connectivity index (χ2n) is 17.4. The SMILES string of the molecule is CC(C)c1c(C(F)F)nn(C)c1F.CC(C)c1ccsc1Cl.CC(C)c1cn(C)nc1C(F)F.CC(C)c1nn(C)nc1C(F)F.Cc1cc(C(C)C)c(C)o1.Cc1nc(C(F)F)c(C(C)C)s1. The van der Waals surface area contributed by atoms with Crippen molar-refractivity contribution in [3.05, 3.63) is 106 Å². The minimum atomic E-state index is -2.71. The number of thiophene rings is 1. The molecule has 0 saturated carbocycles. The van der Waals surface area contributed by atoms with Crippen LogP contribution in [0.3, 0.4) is 0 Å². The van der Waals surface area contributed by atoms with Crippen molar-refractivity contribution in [1.29, 1.82) is 0 Å². The van der Waals surface area contributed by atoms with Crippen molar-refractivity contribution in [2.75, 3.05) is 0 Å². The van der Waals surface area contributed by atoms with E-state index in [1.54, 1.807) is 45.4 Å². The Morgan fingerprint density at radius 2 is 1.07 bits per heavy atom. The predicted molar refractivity (Wildman–Crippen MR) is 256 cm³/mol. The first-order valence-corrected chi connectivity index (χ1v) is 24.0. The molecule has 6 aromatic heterocycles. The summed E-state index contributed by atoms with van der Waals surface area (Å²) in [5, 5.41) is 17.3. The van der Waals surface area contributed by atoms with Crippen LogP contribution in [0.2, 0.25) is 4.34 Å². The highest BCUT2D eigenvalue weighted by atomic mass is 35.5. The van der Waals surface area contributed by atoms with Crippen molar-refractivity contribution >= 4 is 34.3 Å². The number of halogens is 10. The predicted octanol–water partition coefficient (Wildman–Crippen LogP) is 17.0. The van der Waals surface area contributed by atoms with Crippen molar-refractivity contribution < 1.29 is 43.9 Å². The molecule has 0 radical (unpaired) electrons. The normalized spacial score (nSPS) is 11.4. The van der Waals surface area contributed by atoms with Gasteiger partial charge >= 0.3 is 0 Å². The van der Waals surface area contributed by atoms with Gasteiger partial charge in [0.05, 0.1) is 15.0 Å². The molecule has 9 nitrogen and oxygen atoms in total. The number of aromatic nitrogens is 8. The molecule has 0 bridgehead atoms. The second kappa shape index (κ2) is 28.5. The lowest BCUT2D eigenvalue weighted by Crippen LogP contribution is -1.97. The van der Waals surface area contributed by atoms with Crippen LogP contribution in [-0.4, -0.2) is 39.5 Å². The van der Waals surface area contributed by atoms with Crippen molar-refractivity contribution in [2.45, 2.75) is 165 Å². The van der Waals surface area contributed by atoms with E-state index in [1.165, 1.54) is 46.0 Å². The molecule has 0 atom stereocenters. The van der Waals surface area contributed by atoms with E-state index in [0.29, 0.717) is 33.0 Å². The van der Waals surface area contributed by atoms with E-state index >= 15 is 0 Å². The summed E-state index contributed by atoms with van der Waals surface area (Å²) in [5.74, 6) is 2.49. The van der Waals surface area contributed by atoms with Gasteiger partial charge in [-0.3, -0.25) is 4.68 Å². The molecular weight excluding hydrogens is 963 g/mol. The van der Waals surface area contributed by atoms with E-state index in [0.717, 1.165) is 20.5 Å². The number of furan rings is 1. The monoisotopic (exact) mass is 1030 g/mol. The molecule has 0 aliphatic heterocycles. The number of alkyl halides is 8. The Kier molecular flexibility index (Phi) is 25.9. The molecule has 21 heteroatoms. The number of hydrogen-bond acceptors (Lipinski definition) is 8. The number of aryl methyl sites for hydroxylation is 6. The molecule has 0 aliphatic rings. The fraction of sp³-hybridized carbons (Fsp3) is 0.596. The first-order chi connectivity index (χ1) is 31.3. The summed E-state index contributed by atoms with van der Waals surface area (Å²) in [4.78, 5) is 5.69. The lowest BCUT2D eigenvalue weighted by atomic mass is 10.0. The van der Waals surface area contributed by atoms with E-state index in [-0.39, 0.29) is 46.3 Å². The molecule has 0 amide bonds. The van der Waals surface area contributed by atoms with Crippen molar-refractivity contribution in [2.24, 2.45) is 21.1 Å². The topological polar surface area (TPSA) is 92.4 Å². The van der Waals surface area contributed by atoms with Gasteiger partial charge in [0.1, 0.15) is 28.6 Å². The molecule has 6 heterocycles. The molecule has 68 heavy (non-hydrogen) atoms. The lowest BCUT2D eigenvalue weighted by Gasteiger charge is -2.03. The highest BCUT2D eigenvalue weighted by molar-refractivity contribution is 7.14. The van der Waals surface area contributed by atoms with Crippen LogP contribution in [0.25, 0.3) is 0 Å². The van der Waals surface area contributed by atoms with E-state index < -0.39 is 37.3 Å². The Morgan fingerprint density at radius 3 is 1.37 bits per heavy atom. The fourth-order valence-corrected chi connectivity index (χ4v) is 8.50. The highest BCUT2D eigenvalue weighted by Crippen LogP contribution is 2.33. The third kappa shape index (κ3) is 19.0. The van der Waals surface area contributed by atoms with Crippen LogP contribution in [0.1, 0.15) is 216 Å². The van der Waals surface area contributed by atoms with Crippen LogP contribution in [0.5, 0.6) is 0 Å². The summed E-state index contributed by atoms with van der Waals surface area (Å²) in [6, 6.07) is 4.19. The summed E-state index contributed by atoms with van der Waals surface area (Å²) >= 11 is 8.81. The summed E-state index contributed by atoms with van der Waals surface area (Å²) in [5.41, 5.74) is 2.85. The van der Waals surface area contributed by atoms with Crippen LogP contribution in [0.4, 0.5) is 39.5 Å². The molecule has 0 unspecified atom stereocenters. The van der Waals surface area contributed by atoms with Gasteiger partial charge in [-0.25, -0.2) is 44.8 Å². The summed E-state index contributed by atoms with van der Waals surface area (Å²) in [7, 11) is 4.50. The molecule has 384 valence electrons. The van der Waals surface area contributed by atoms with Crippen LogP contribution < -0.4 is 0 Å². The van der Waals surface area contributed by atoms with Gasteiger partial charge in [-0.05, 0) is 84.9 Å². The van der Waals surface area contributed by atoms with Crippen LogP contribution in [-0.2, 0) is 21.1 Å². The molecule has 6 aromatic rings. The standard InChI is InChI=1S/C9H14O.C8H11F3N2.C8H12F2N2.C8H11F2NS.C7H9ClS.C7H11F2N3/c1-6(2)9-5-7(3)10-8(9)4;1-4(2)5-6(7(9)10)12-13(3)8(5)11;1-5(2)6-4-12(3)11-7(6)8(9)10;1-4(2)7-6(8(9)10)11-5(3)12-7;1-5(2)6-3-4-9-7(6)8;1-4(2)5-6(7(8)9)11-12(3)10-5/h5-6H,1-4H3;4,7H,1-3H3;4-5,8H,1-3H3;4,8H,1-3H3;3-5H,1-2H3;4,7H,1-3H3. The number of rotatable bonds is 10. The Labute approximate surface area is 408 Å². The smallest absolute Gasteiger partial charge is 0.284 e. The van der Waals surface area contributed by atoms with Gasteiger partial charge in [-0.1, -0.05) is 94.7 Å². The first kappa shape index (κ1) is 61.8. The van der Waals surface area contributed by atoms with Gasteiger partial charge in [0, 0.05) is 43.3 Å². The summed E-state index contributed by atoms with van der Waals surface area (Å²) in [6.07, 6.45) is -8.51. The third-order valence-electron chi connectivity index (χ3n) is 9.55. The Balaban J connectivity index is 0.000000409. The third-order valence-corrected chi connectivity index (χ3v) is 12.0. The molecule has 0 N–H and O–H groups in total. The molecule has 0 spiro atoms. The fourth-order valence-electron chi connectivity index (χ4n) is 6.35. The van der Waals surface area contributed by atoms with Gasteiger partial charge in [0.15, 0.2) is 5.69 Å². The number of hydrogen-bond donors (Lipinski definition) is 0. The molecular formula is C47H68ClF9N8OS2. The Morgan fingerprint density at radius 1 is 0.574 bits per heavy atom. The van der Waals surface area contributed by atoms with E-state index in [1.807, 2.05) is 60.8 Å². The maximum absolute atomic E-state index is 13.2. The first-order valence-electron chi connectivity index (χ1n) is 21.9. The Hall–Kier alpha value is -4.17. The van der Waals surface area contributed by atoms with Gasteiger partial charge < -0.3 is 4.42 Å². The lowest BCUT2D eigenvalue weighted by molar-refractivity contribution is 0.143. The average Bonchev–Trinajstić information content (AvgIpc) is 4.08. The van der Waals surface area contributed by atoms with Gasteiger partial charge in [-0.2, -0.15) is 29.6 Å². The van der Waals surface area contributed by atoms with Gasteiger partial charge in [0.25, 0.3) is 25.7 Å². The van der Waals surface area contributed by atoms with Crippen LogP contribution in [0, 0.1) is 26.7 Å². The zero-order valence-corrected chi connectivity index (χ0v) is 44.6. The van der Waals surface area contributed by atoms with Crippen LogP contribution in [0.15, 0.2) is 28.1 Å².